The van der Waals surface area contributed by atoms with Gasteiger partial charge in [0.25, 0.3) is 5.91 Å². The summed E-state index contributed by atoms with van der Waals surface area (Å²) in [7, 11) is 3.50. The third-order valence-corrected chi connectivity index (χ3v) is 5.69. The molecule has 1 N–H and O–H groups in total. The van der Waals surface area contributed by atoms with Gasteiger partial charge in [-0.05, 0) is 56.2 Å². The zero-order valence-corrected chi connectivity index (χ0v) is 20.5. The zero-order chi connectivity index (χ0) is 24.8. The first kappa shape index (κ1) is 24.3. The van der Waals surface area contributed by atoms with E-state index >= 15 is 0 Å². The second-order valence-corrected chi connectivity index (χ2v) is 8.68. The number of likely N-dealkylation sites (tertiary alicyclic amines) is 1. The van der Waals surface area contributed by atoms with Gasteiger partial charge in [0, 0.05) is 62.4 Å². The molecule has 8 heteroatoms. The van der Waals surface area contributed by atoms with Gasteiger partial charge in [0.05, 0.1) is 6.61 Å². The first-order valence-electron chi connectivity index (χ1n) is 11.7. The minimum absolute atomic E-state index is 0.0655. The van der Waals surface area contributed by atoms with E-state index in [1.54, 1.807) is 23.9 Å². The molecule has 1 amide bonds. The minimum atomic E-state index is -0.143. The maximum atomic E-state index is 12.6. The quantitative estimate of drug-likeness (QED) is 0.446. The molecule has 184 valence electrons. The summed E-state index contributed by atoms with van der Waals surface area (Å²) >= 11 is 0. The van der Waals surface area contributed by atoms with Crippen LogP contribution in [0.3, 0.4) is 0 Å². The SMILES string of the molecule is C=C(Nc1ccn(C)n1)c1cc(Oc2ccc(C(=O)N3CCCC3)cc2)cc(OC(C)COC)c1. The van der Waals surface area contributed by atoms with Crippen molar-refractivity contribution >= 4 is 17.4 Å². The molecule has 4 rings (SSSR count). The van der Waals surface area contributed by atoms with Gasteiger partial charge in [-0.1, -0.05) is 6.58 Å². The number of aromatic nitrogens is 2. The fraction of sp³-hybridized carbons (Fsp3) is 0.333. The van der Waals surface area contributed by atoms with Crippen molar-refractivity contribution in [2.24, 2.45) is 7.05 Å². The number of rotatable bonds is 10. The molecule has 1 aliphatic rings. The molecule has 3 aromatic rings. The molecule has 0 saturated carbocycles. The van der Waals surface area contributed by atoms with Crippen molar-refractivity contribution in [1.82, 2.24) is 14.7 Å². The molecule has 1 aliphatic heterocycles. The van der Waals surface area contributed by atoms with E-state index in [2.05, 4.69) is 17.0 Å². The zero-order valence-electron chi connectivity index (χ0n) is 20.5. The highest BCUT2D eigenvalue weighted by Gasteiger charge is 2.19. The number of amides is 1. The molecule has 0 bridgehead atoms. The Labute approximate surface area is 206 Å². The van der Waals surface area contributed by atoms with E-state index in [1.807, 2.05) is 61.5 Å². The number of hydrogen-bond acceptors (Lipinski definition) is 6. The Morgan fingerprint density at radius 3 is 2.43 bits per heavy atom. The average molecular weight is 477 g/mol. The summed E-state index contributed by atoms with van der Waals surface area (Å²) < 4.78 is 19.1. The molecule has 1 aromatic heterocycles. The van der Waals surface area contributed by atoms with Crippen molar-refractivity contribution in [1.29, 1.82) is 0 Å². The molecule has 8 nitrogen and oxygen atoms in total. The molecule has 2 heterocycles. The predicted molar refractivity (Wildman–Crippen MR) is 136 cm³/mol. The standard InChI is InChI=1S/C27H32N4O4/c1-19(18-33-4)34-24-15-22(20(2)28-26-11-14-30(3)29-26)16-25(17-24)35-23-9-7-21(8-10-23)27(32)31-12-5-6-13-31/h7-11,14-17,19H,2,5-6,12-13,18H2,1,3-4H3,(H,28,29). The fourth-order valence-electron chi connectivity index (χ4n) is 3.99. The lowest BCUT2D eigenvalue weighted by Crippen LogP contribution is -2.27. The third-order valence-electron chi connectivity index (χ3n) is 5.69. The summed E-state index contributed by atoms with van der Waals surface area (Å²) in [4.78, 5) is 14.5. The average Bonchev–Trinajstić information content (AvgIpc) is 3.51. The van der Waals surface area contributed by atoms with Gasteiger partial charge in [-0.2, -0.15) is 5.10 Å². The van der Waals surface area contributed by atoms with E-state index in [-0.39, 0.29) is 12.0 Å². The van der Waals surface area contributed by atoms with Gasteiger partial charge >= 0.3 is 0 Å². The van der Waals surface area contributed by atoms with Crippen LogP contribution in [0.25, 0.3) is 5.70 Å². The highest BCUT2D eigenvalue weighted by molar-refractivity contribution is 5.94. The van der Waals surface area contributed by atoms with Gasteiger partial charge in [-0.25, -0.2) is 0 Å². The first-order valence-corrected chi connectivity index (χ1v) is 11.7. The van der Waals surface area contributed by atoms with Crippen LogP contribution in [0.5, 0.6) is 17.2 Å². The Morgan fingerprint density at radius 2 is 1.77 bits per heavy atom. The maximum absolute atomic E-state index is 12.6. The number of hydrogen-bond donors (Lipinski definition) is 1. The minimum Gasteiger partial charge on any atom is -0.488 e. The second kappa shape index (κ2) is 11.1. The van der Waals surface area contributed by atoms with Crippen molar-refractivity contribution in [2.75, 3.05) is 32.1 Å². The Morgan fingerprint density at radius 1 is 1.06 bits per heavy atom. The molecular formula is C27H32N4O4. The van der Waals surface area contributed by atoms with Gasteiger partial charge < -0.3 is 24.4 Å². The number of carbonyl (C=O) groups excluding carboxylic acids is 1. The normalized spacial score (nSPS) is 14.0. The van der Waals surface area contributed by atoms with Gasteiger partial charge in [0.2, 0.25) is 0 Å². The highest BCUT2D eigenvalue weighted by atomic mass is 16.5. The summed E-state index contributed by atoms with van der Waals surface area (Å²) in [6.45, 7) is 8.21. The van der Waals surface area contributed by atoms with Crippen LogP contribution >= 0.6 is 0 Å². The molecule has 35 heavy (non-hydrogen) atoms. The van der Waals surface area contributed by atoms with Crippen LogP contribution in [0.15, 0.2) is 61.3 Å². The summed E-state index contributed by atoms with van der Waals surface area (Å²) in [5.41, 5.74) is 2.12. The number of aryl methyl sites for hydroxylation is 1. The molecular weight excluding hydrogens is 444 g/mol. The lowest BCUT2D eigenvalue weighted by atomic mass is 10.1. The van der Waals surface area contributed by atoms with Gasteiger partial charge in [0.1, 0.15) is 23.4 Å². The van der Waals surface area contributed by atoms with Crippen LogP contribution in [-0.2, 0) is 11.8 Å². The van der Waals surface area contributed by atoms with Crippen LogP contribution in [-0.4, -0.2) is 53.5 Å². The number of methoxy groups -OCH3 is 1. The Hall–Kier alpha value is -3.78. The number of benzene rings is 2. The fourth-order valence-corrected chi connectivity index (χ4v) is 3.99. The van der Waals surface area contributed by atoms with Crippen molar-refractivity contribution in [3.63, 3.8) is 0 Å². The lowest BCUT2D eigenvalue weighted by molar-refractivity contribution is 0.0793. The number of carbonyl (C=O) groups is 1. The number of nitrogens with zero attached hydrogens (tertiary/aromatic N) is 3. The van der Waals surface area contributed by atoms with Gasteiger partial charge in [-0.15, -0.1) is 0 Å². The highest BCUT2D eigenvalue weighted by Crippen LogP contribution is 2.31. The number of nitrogens with one attached hydrogen (secondary N) is 1. The summed E-state index contributed by atoms with van der Waals surface area (Å²) in [6.07, 6.45) is 3.85. The monoisotopic (exact) mass is 476 g/mol. The van der Waals surface area contributed by atoms with Crippen LogP contribution in [0.2, 0.25) is 0 Å². The van der Waals surface area contributed by atoms with E-state index in [0.29, 0.717) is 40.9 Å². The molecule has 2 aromatic carbocycles. The van der Waals surface area contributed by atoms with Crippen LogP contribution in [0, 0.1) is 0 Å². The van der Waals surface area contributed by atoms with E-state index in [9.17, 15) is 4.79 Å². The molecule has 0 spiro atoms. The van der Waals surface area contributed by atoms with Crippen LogP contribution in [0.4, 0.5) is 5.82 Å². The number of ether oxygens (including phenoxy) is 3. The molecule has 1 fully saturated rings. The topological polar surface area (TPSA) is 77.9 Å². The molecule has 1 unspecified atom stereocenters. The van der Waals surface area contributed by atoms with Crippen LogP contribution < -0.4 is 14.8 Å². The summed E-state index contributed by atoms with van der Waals surface area (Å²) in [6, 6.07) is 14.7. The van der Waals surface area contributed by atoms with Crippen molar-refractivity contribution in [3.8, 4) is 17.2 Å². The van der Waals surface area contributed by atoms with Crippen molar-refractivity contribution in [2.45, 2.75) is 25.9 Å². The van der Waals surface area contributed by atoms with E-state index in [4.69, 9.17) is 14.2 Å². The van der Waals surface area contributed by atoms with Gasteiger partial charge in [-0.3, -0.25) is 9.48 Å². The molecule has 0 radical (unpaired) electrons. The Bertz CT molecular complexity index is 1170. The van der Waals surface area contributed by atoms with E-state index in [1.165, 1.54) is 0 Å². The Balaban J connectivity index is 1.53. The lowest BCUT2D eigenvalue weighted by Gasteiger charge is -2.18. The Kier molecular flexibility index (Phi) is 7.72. The third kappa shape index (κ3) is 6.42. The van der Waals surface area contributed by atoms with E-state index < -0.39 is 0 Å². The largest absolute Gasteiger partial charge is 0.488 e. The van der Waals surface area contributed by atoms with Crippen molar-refractivity contribution in [3.05, 3.63) is 72.4 Å². The maximum Gasteiger partial charge on any atom is 0.253 e. The smallest absolute Gasteiger partial charge is 0.253 e. The first-order chi connectivity index (χ1) is 16.9. The molecule has 1 atom stereocenters. The summed E-state index contributed by atoms with van der Waals surface area (Å²) in [5, 5.41) is 7.57. The molecule has 0 aliphatic carbocycles. The second-order valence-electron chi connectivity index (χ2n) is 8.68. The summed E-state index contributed by atoms with van der Waals surface area (Å²) in [5.74, 6) is 2.60. The van der Waals surface area contributed by atoms with Gasteiger partial charge in [0.15, 0.2) is 5.82 Å². The predicted octanol–water partition coefficient (Wildman–Crippen LogP) is 4.94. The number of anilines is 1. The van der Waals surface area contributed by atoms with E-state index in [0.717, 1.165) is 31.5 Å². The van der Waals surface area contributed by atoms with Crippen molar-refractivity contribution < 1.29 is 19.0 Å². The van der Waals surface area contributed by atoms with Crippen LogP contribution in [0.1, 0.15) is 35.7 Å². The molecule has 1 saturated heterocycles.